The van der Waals surface area contributed by atoms with E-state index in [1.165, 1.54) is 0 Å². The van der Waals surface area contributed by atoms with Gasteiger partial charge < -0.3 is 15.0 Å². The number of nitrogens with zero attached hydrogens (tertiary/aromatic N) is 2. The number of aromatic nitrogens is 1. The van der Waals surface area contributed by atoms with Crippen LogP contribution in [0.1, 0.15) is 5.56 Å². The number of methoxy groups -OCH3 is 1. The molecule has 5 nitrogen and oxygen atoms in total. The monoisotopic (exact) mass is 431 g/mol. The average molecular weight is 432 g/mol. The number of aryl methyl sites for hydroxylation is 1. The fraction of sp³-hybridized carbons (Fsp3) is 0.263. The maximum Gasteiger partial charge on any atom is 0.231 e. The summed E-state index contributed by atoms with van der Waals surface area (Å²) in [5.74, 6) is 0.853. The van der Waals surface area contributed by atoms with E-state index in [9.17, 15) is 4.79 Å². The molecule has 1 aliphatic heterocycles. The van der Waals surface area contributed by atoms with Gasteiger partial charge in [0, 0.05) is 29.3 Å². The number of amides is 1. The standard InChI is InChI=1S/C19H18BrN3O2S/c1-11-7-13(3-5-15(11)20)21-18(24)12-9-23(10-12)19-22-16-8-14(25-2)4-6-17(16)26-19/h3-8,12H,9-10H2,1-2H3,(H,21,24). The molecule has 4 rings (SSSR count). The van der Waals surface area contributed by atoms with Crippen LogP contribution in [0.2, 0.25) is 0 Å². The van der Waals surface area contributed by atoms with Crippen LogP contribution in [-0.4, -0.2) is 31.1 Å². The van der Waals surface area contributed by atoms with Gasteiger partial charge in [0.15, 0.2) is 5.13 Å². The van der Waals surface area contributed by atoms with Gasteiger partial charge in [-0.15, -0.1) is 0 Å². The van der Waals surface area contributed by atoms with Crippen LogP contribution in [-0.2, 0) is 4.79 Å². The first-order valence-electron chi connectivity index (χ1n) is 8.30. The Balaban J connectivity index is 1.40. The van der Waals surface area contributed by atoms with Crippen LogP contribution in [0.15, 0.2) is 40.9 Å². The number of rotatable bonds is 4. The van der Waals surface area contributed by atoms with Gasteiger partial charge in [0.2, 0.25) is 5.91 Å². The minimum atomic E-state index is -0.0134. The van der Waals surface area contributed by atoms with E-state index < -0.39 is 0 Å². The van der Waals surface area contributed by atoms with Gasteiger partial charge >= 0.3 is 0 Å². The van der Waals surface area contributed by atoms with Gasteiger partial charge in [-0.25, -0.2) is 4.98 Å². The lowest BCUT2D eigenvalue weighted by atomic mass is 10.00. The first-order chi connectivity index (χ1) is 12.5. The van der Waals surface area contributed by atoms with Crippen LogP contribution in [0, 0.1) is 12.8 Å². The van der Waals surface area contributed by atoms with Gasteiger partial charge in [-0.05, 0) is 42.8 Å². The molecular weight excluding hydrogens is 414 g/mol. The van der Waals surface area contributed by atoms with Gasteiger partial charge in [-0.1, -0.05) is 27.3 Å². The topological polar surface area (TPSA) is 54.5 Å². The summed E-state index contributed by atoms with van der Waals surface area (Å²) >= 11 is 5.12. The molecule has 0 radical (unpaired) electrons. The largest absolute Gasteiger partial charge is 0.497 e. The fourth-order valence-corrected chi connectivity index (χ4v) is 4.14. The van der Waals surface area contributed by atoms with Crippen molar-refractivity contribution in [1.29, 1.82) is 0 Å². The number of fused-ring (bicyclic) bond motifs is 1. The Labute approximate surface area is 164 Å². The number of anilines is 2. The van der Waals surface area contributed by atoms with Crippen LogP contribution in [0.3, 0.4) is 0 Å². The van der Waals surface area contributed by atoms with Crippen molar-refractivity contribution in [2.45, 2.75) is 6.92 Å². The van der Waals surface area contributed by atoms with Crippen molar-refractivity contribution in [1.82, 2.24) is 4.98 Å². The Morgan fingerprint density at radius 2 is 2.12 bits per heavy atom. The van der Waals surface area contributed by atoms with Crippen molar-refractivity contribution < 1.29 is 9.53 Å². The number of carbonyl (C=O) groups is 1. The normalized spacial score (nSPS) is 14.3. The average Bonchev–Trinajstić information content (AvgIpc) is 2.99. The zero-order valence-electron chi connectivity index (χ0n) is 14.5. The molecule has 1 aliphatic rings. The summed E-state index contributed by atoms with van der Waals surface area (Å²) in [5, 5.41) is 3.96. The molecule has 3 aromatic rings. The highest BCUT2D eigenvalue weighted by Crippen LogP contribution is 2.34. The maximum atomic E-state index is 12.4. The number of nitrogens with one attached hydrogen (secondary N) is 1. The lowest BCUT2D eigenvalue weighted by Gasteiger charge is -2.37. The van der Waals surface area contributed by atoms with Crippen LogP contribution in [0.25, 0.3) is 10.2 Å². The van der Waals surface area contributed by atoms with Crippen molar-refractivity contribution >= 4 is 54.2 Å². The van der Waals surface area contributed by atoms with Crippen LogP contribution in [0.4, 0.5) is 10.8 Å². The summed E-state index contributed by atoms with van der Waals surface area (Å²) in [7, 11) is 1.65. The summed E-state index contributed by atoms with van der Waals surface area (Å²) < 4.78 is 7.41. The van der Waals surface area contributed by atoms with Gasteiger partial charge in [0.25, 0.3) is 0 Å². The number of benzene rings is 2. The third kappa shape index (κ3) is 3.29. The Morgan fingerprint density at radius 3 is 2.85 bits per heavy atom. The van der Waals surface area contributed by atoms with Gasteiger partial charge in [0.1, 0.15) is 5.75 Å². The predicted octanol–water partition coefficient (Wildman–Crippen LogP) is 4.45. The number of carbonyl (C=O) groups excluding carboxylic acids is 1. The second kappa shape index (κ2) is 6.89. The maximum absolute atomic E-state index is 12.4. The third-order valence-corrected chi connectivity index (χ3v) is 6.52. The Kier molecular flexibility index (Phi) is 4.58. The predicted molar refractivity (Wildman–Crippen MR) is 109 cm³/mol. The summed E-state index contributed by atoms with van der Waals surface area (Å²) in [4.78, 5) is 19.3. The second-order valence-electron chi connectivity index (χ2n) is 6.39. The molecule has 2 aromatic carbocycles. The van der Waals surface area contributed by atoms with E-state index in [1.807, 2.05) is 43.3 Å². The highest BCUT2D eigenvalue weighted by molar-refractivity contribution is 9.10. The number of halogens is 1. The van der Waals surface area contributed by atoms with E-state index >= 15 is 0 Å². The molecule has 26 heavy (non-hydrogen) atoms. The molecular formula is C19H18BrN3O2S. The SMILES string of the molecule is COc1ccc2sc(N3CC(C(=O)Nc4ccc(Br)c(C)c4)C3)nc2c1. The van der Waals surface area contributed by atoms with Crippen LogP contribution >= 0.6 is 27.3 Å². The lowest BCUT2D eigenvalue weighted by Crippen LogP contribution is -2.52. The molecule has 0 saturated carbocycles. The summed E-state index contributed by atoms with van der Waals surface area (Å²) in [6.45, 7) is 3.39. The van der Waals surface area contributed by atoms with E-state index in [2.05, 4.69) is 31.1 Å². The molecule has 1 N–H and O–H groups in total. The van der Waals surface area contributed by atoms with Crippen molar-refractivity contribution in [3.05, 3.63) is 46.4 Å². The van der Waals surface area contributed by atoms with Crippen molar-refractivity contribution in [2.75, 3.05) is 30.4 Å². The van der Waals surface area contributed by atoms with Gasteiger partial charge in [0.05, 0.1) is 23.2 Å². The minimum absolute atomic E-state index is 0.0134. The zero-order chi connectivity index (χ0) is 18.3. The fourth-order valence-electron chi connectivity index (χ4n) is 2.92. The molecule has 0 spiro atoms. The van der Waals surface area contributed by atoms with Crippen LogP contribution in [0.5, 0.6) is 5.75 Å². The van der Waals surface area contributed by atoms with E-state index in [-0.39, 0.29) is 11.8 Å². The van der Waals surface area contributed by atoms with E-state index in [0.717, 1.165) is 36.8 Å². The highest BCUT2D eigenvalue weighted by atomic mass is 79.9. The van der Waals surface area contributed by atoms with Gasteiger partial charge in [-0.2, -0.15) is 0 Å². The molecule has 134 valence electrons. The molecule has 1 fully saturated rings. The molecule has 0 atom stereocenters. The number of thiazole rings is 1. The summed E-state index contributed by atoms with van der Waals surface area (Å²) in [5.41, 5.74) is 2.87. The Hall–Kier alpha value is -2.12. The van der Waals surface area contributed by atoms with Gasteiger partial charge in [-0.3, -0.25) is 4.79 Å². The molecule has 7 heteroatoms. The van der Waals surface area contributed by atoms with Crippen molar-refractivity contribution in [3.8, 4) is 5.75 Å². The van der Waals surface area contributed by atoms with Crippen molar-refractivity contribution in [3.63, 3.8) is 0 Å². The molecule has 1 aromatic heterocycles. The zero-order valence-corrected chi connectivity index (χ0v) is 16.9. The second-order valence-corrected chi connectivity index (χ2v) is 8.25. The van der Waals surface area contributed by atoms with E-state index in [4.69, 9.17) is 4.74 Å². The Bertz CT molecular complexity index is 982. The minimum Gasteiger partial charge on any atom is -0.497 e. The quantitative estimate of drug-likeness (QED) is 0.662. The lowest BCUT2D eigenvalue weighted by molar-refractivity contribution is -0.120. The van der Waals surface area contributed by atoms with Crippen molar-refractivity contribution in [2.24, 2.45) is 5.92 Å². The van der Waals surface area contributed by atoms with E-state index in [0.29, 0.717) is 13.1 Å². The molecule has 0 aliphatic carbocycles. The number of hydrogen-bond donors (Lipinski definition) is 1. The third-order valence-electron chi connectivity index (χ3n) is 4.53. The Morgan fingerprint density at radius 1 is 1.31 bits per heavy atom. The molecule has 0 bridgehead atoms. The molecule has 1 saturated heterocycles. The summed E-state index contributed by atoms with van der Waals surface area (Å²) in [6.07, 6.45) is 0. The number of hydrogen-bond acceptors (Lipinski definition) is 5. The first-order valence-corrected chi connectivity index (χ1v) is 9.91. The molecule has 0 unspecified atom stereocenters. The smallest absolute Gasteiger partial charge is 0.231 e. The molecule has 2 heterocycles. The van der Waals surface area contributed by atoms with Crippen LogP contribution < -0.4 is 15.0 Å². The summed E-state index contributed by atoms with van der Waals surface area (Å²) in [6, 6.07) is 11.7. The number of ether oxygens (including phenoxy) is 1. The highest BCUT2D eigenvalue weighted by Gasteiger charge is 2.34. The van der Waals surface area contributed by atoms with E-state index in [1.54, 1.807) is 18.4 Å². The molecule has 1 amide bonds. The first kappa shape index (κ1) is 17.3.